The van der Waals surface area contributed by atoms with Gasteiger partial charge in [0.2, 0.25) is 0 Å². The standard InChI is InChI=1S/C13H16N2O2/c14-10-2-4-11(5-3-10)15-12(16)17-9-8-13(15)6-1-7-13/h2-5H,1,6-9,14H2. The fraction of sp³-hybridized carbons (Fsp3) is 0.462. The molecule has 0 radical (unpaired) electrons. The summed E-state index contributed by atoms with van der Waals surface area (Å²) in [5.41, 5.74) is 7.28. The Labute approximate surface area is 100 Å². The second kappa shape index (κ2) is 3.65. The number of nitrogens with zero attached hydrogens (tertiary/aromatic N) is 1. The summed E-state index contributed by atoms with van der Waals surface area (Å²) in [6.45, 7) is 0.546. The van der Waals surface area contributed by atoms with Crippen molar-refractivity contribution >= 4 is 17.5 Å². The van der Waals surface area contributed by atoms with E-state index in [0.717, 1.165) is 24.9 Å². The second-order valence-corrected chi connectivity index (χ2v) is 4.87. The molecule has 0 aromatic heterocycles. The highest BCUT2D eigenvalue weighted by atomic mass is 16.6. The van der Waals surface area contributed by atoms with Gasteiger partial charge in [0, 0.05) is 17.8 Å². The van der Waals surface area contributed by atoms with Gasteiger partial charge in [-0.1, -0.05) is 0 Å². The number of benzene rings is 1. The van der Waals surface area contributed by atoms with Crippen LogP contribution in [0.3, 0.4) is 0 Å². The van der Waals surface area contributed by atoms with E-state index in [1.165, 1.54) is 6.42 Å². The molecule has 1 aromatic carbocycles. The Hall–Kier alpha value is -1.71. The van der Waals surface area contributed by atoms with Crippen LogP contribution in [0, 0.1) is 0 Å². The maximum atomic E-state index is 12.0. The van der Waals surface area contributed by atoms with Crippen LogP contribution in [0.15, 0.2) is 24.3 Å². The third kappa shape index (κ3) is 1.55. The minimum absolute atomic E-state index is 0.00541. The Kier molecular flexibility index (Phi) is 2.24. The molecule has 0 unspecified atom stereocenters. The lowest BCUT2D eigenvalue weighted by Gasteiger charge is -2.52. The van der Waals surface area contributed by atoms with Crippen molar-refractivity contribution in [3.05, 3.63) is 24.3 Å². The molecule has 2 N–H and O–H groups in total. The predicted octanol–water partition coefficient (Wildman–Crippen LogP) is 2.54. The average molecular weight is 232 g/mol. The molecule has 90 valence electrons. The number of hydrogen-bond donors (Lipinski definition) is 1. The van der Waals surface area contributed by atoms with Crippen molar-refractivity contribution < 1.29 is 9.53 Å². The van der Waals surface area contributed by atoms with E-state index in [-0.39, 0.29) is 11.6 Å². The van der Waals surface area contributed by atoms with E-state index in [2.05, 4.69) is 0 Å². The molecule has 1 aliphatic carbocycles. The normalized spacial score (nSPS) is 22.1. The van der Waals surface area contributed by atoms with Crippen LogP contribution in [0.25, 0.3) is 0 Å². The molecule has 1 amide bonds. The fourth-order valence-corrected chi connectivity index (χ4v) is 2.76. The van der Waals surface area contributed by atoms with Gasteiger partial charge >= 0.3 is 6.09 Å². The Morgan fingerprint density at radius 3 is 2.47 bits per heavy atom. The molecule has 1 spiro atoms. The van der Waals surface area contributed by atoms with Crippen molar-refractivity contribution in [2.45, 2.75) is 31.2 Å². The highest BCUT2D eigenvalue weighted by molar-refractivity contribution is 5.90. The Morgan fingerprint density at radius 2 is 1.88 bits per heavy atom. The maximum absolute atomic E-state index is 12.0. The fourth-order valence-electron chi connectivity index (χ4n) is 2.76. The van der Waals surface area contributed by atoms with E-state index in [0.29, 0.717) is 12.3 Å². The minimum atomic E-state index is -0.222. The molecule has 1 aromatic rings. The zero-order valence-electron chi connectivity index (χ0n) is 9.69. The molecular formula is C13H16N2O2. The van der Waals surface area contributed by atoms with E-state index >= 15 is 0 Å². The number of rotatable bonds is 1. The van der Waals surface area contributed by atoms with Crippen LogP contribution in [0.2, 0.25) is 0 Å². The minimum Gasteiger partial charge on any atom is -0.449 e. The molecule has 0 atom stereocenters. The number of amides is 1. The highest BCUT2D eigenvalue weighted by Crippen LogP contribution is 2.45. The number of cyclic esters (lactones) is 1. The van der Waals surface area contributed by atoms with E-state index in [1.54, 1.807) is 0 Å². The predicted molar refractivity (Wildman–Crippen MR) is 65.9 cm³/mol. The number of ether oxygens (including phenoxy) is 1. The third-order valence-electron chi connectivity index (χ3n) is 3.89. The van der Waals surface area contributed by atoms with Gasteiger partial charge in [0.15, 0.2) is 0 Å². The van der Waals surface area contributed by atoms with Gasteiger partial charge < -0.3 is 10.5 Å². The maximum Gasteiger partial charge on any atom is 0.414 e. The first-order valence-corrected chi connectivity index (χ1v) is 6.04. The topological polar surface area (TPSA) is 55.6 Å². The van der Waals surface area contributed by atoms with Crippen LogP contribution >= 0.6 is 0 Å². The molecule has 1 saturated carbocycles. The summed E-state index contributed by atoms with van der Waals surface area (Å²) in [6, 6.07) is 7.43. The largest absolute Gasteiger partial charge is 0.449 e. The summed E-state index contributed by atoms with van der Waals surface area (Å²) in [5, 5.41) is 0. The van der Waals surface area contributed by atoms with Gasteiger partial charge in [-0.3, -0.25) is 4.90 Å². The molecule has 0 bridgehead atoms. The first-order valence-electron chi connectivity index (χ1n) is 6.04. The quantitative estimate of drug-likeness (QED) is 0.757. The van der Waals surface area contributed by atoms with Gasteiger partial charge in [-0.15, -0.1) is 0 Å². The van der Waals surface area contributed by atoms with Crippen LogP contribution in [-0.4, -0.2) is 18.2 Å². The lowest BCUT2D eigenvalue weighted by Crippen LogP contribution is -2.60. The molecule has 1 heterocycles. The first kappa shape index (κ1) is 10.4. The molecule has 4 nitrogen and oxygen atoms in total. The Morgan fingerprint density at radius 1 is 1.18 bits per heavy atom. The van der Waals surface area contributed by atoms with Crippen molar-refractivity contribution in [1.29, 1.82) is 0 Å². The van der Waals surface area contributed by atoms with Crippen molar-refractivity contribution in [1.82, 2.24) is 0 Å². The lowest BCUT2D eigenvalue weighted by molar-refractivity contribution is 0.0778. The Bertz CT molecular complexity index is 437. The SMILES string of the molecule is Nc1ccc(N2C(=O)OCCC23CCC3)cc1. The van der Waals surface area contributed by atoms with Crippen LogP contribution in [0.4, 0.5) is 16.2 Å². The summed E-state index contributed by atoms with van der Waals surface area (Å²) in [4.78, 5) is 13.8. The number of anilines is 2. The zero-order chi connectivity index (χ0) is 11.9. The van der Waals surface area contributed by atoms with E-state index in [9.17, 15) is 4.79 Å². The van der Waals surface area contributed by atoms with Gasteiger partial charge in [-0.2, -0.15) is 0 Å². The molecule has 3 rings (SSSR count). The summed E-state index contributed by atoms with van der Waals surface area (Å²) >= 11 is 0. The Balaban J connectivity index is 1.97. The molecule has 2 fully saturated rings. The van der Waals surface area contributed by atoms with Crippen molar-refractivity contribution in [2.75, 3.05) is 17.2 Å². The smallest absolute Gasteiger partial charge is 0.414 e. The van der Waals surface area contributed by atoms with E-state index < -0.39 is 0 Å². The zero-order valence-corrected chi connectivity index (χ0v) is 9.69. The molecule has 17 heavy (non-hydrogen) atoms. The summed E-state index contributed by atoms with van der Waals surface area (Å²) in [5.74, 6) is 0. The molecule has 2 aliphatic rings. The van der Waals surface area contributed by atoms with Crippen LogP contribution in [-0.2, 0) is 4.74 Å². The van der Waals surface area contributed by atoms with Crippen molar-refractivity contribution in [3.8, 4) is 0 Å². The van der Waals surface area contributed by atoms with Gasteiger partial charge in [0.05, 0.1) is 12.1 Å². The highest BCUT2D eigenvalue weighted by Gasteiger charge is 2.48. The lowest BCUT2D eigenvalue weighted by atomic mass is 9.72. The molecule has 1 aliphatic heterocycles. The van der Waals surface area contributed by atoms with E-state index in [4.69, 9.17) is 10.5 Å². The van der Waals surface area contributed by atoms with Gasteiger partial charge in [0.25, 0.3) is 0 Å². The summed E-state index contributed by atoms with van der Waals surface area (Å²) < 4.78 is 5.16. The van der Waals surface area contributed by atoms with Crippen LogP contribution in [0.1, 0.15) is 25.7 Å². The summed E-state index contributed by atoms with van der Waals surface area (Å²) in [7, 11) is 0. The van der Waals surface area contributed by atoms with Gasteiger partial charge in [-0.05, 0) is 43.5 Å². The second-order valence-electron chi connectivity index (χ2n) is 4.87. The number of hydrogen-bond acceptors (Lipinski definition) is 3. The van der Waals surface area contributed by atoms with Crippen molar-refractivity contribution in [3.63, 3.8) is 0 Å². The van der Waals surface area contributed by atoms with Crippen LogP contribution in [0.5, 0.6) is 0 Å². The molecule has 1 saturated heterocycles. The van der Waals surface area contributed by atoms with E-state index in [1.807, 2.05) is 29.2 Å². The van der Waals surface area contributed by atoms with Crippen molar-refractivity contribution in [2.24, 2.45) is 0 Å². The number of carbonyl (C=O) groups excluding carboxylic acids is 1. The van der Waals surface area contributed by atoms with Gasteiger partial charge in [-0.25, -0.2) is 4.79 Å². The summed E-state index contributed by atoms with van der Waals surface area (Å²) in [6.07, 6.45) is 4.06. The van der Waals surface area contributed by atoms with Crippen LogP contribution < -0.4 is 10.6 Å². The molecular weight excluding hydrogens is 216 g/mol. The number of carbonyl (C=O) groups is 1. The number of nitrogen functional groups attached to an aromatic ring is 1. The monoisotopic (exact) mass is 232 g/mol. The first-order chi connectivity index (χ1) is 8.21. The average Bonchev–Trinajstić information content (AvgIpc) is 2.28. The third-order valence-corrected chi connectivity index (χ3v) is 3.89. The van der Waals surface area contributed by atoms with Gasteiger partial charge in [0.1, 0.15) is 0 Å². The number of nitrogens with two attached hydrogens (primary N) is 1. The molecule has 4 heteroatoms.